The average molecular weight is 505 g/mol. The minimum Gasteiger partial charge on any atom is -0.453 e. The van der Waals surface area contributed by atoms with Crippen molar-refractivity contribution in [3.63, 3.8) is 0 Å². The predicted molar refractivity (Wildman–Crippen MR) is 128 cm³/mol. The number of carbonyl (C=O) groups excluding carboxylic acids is 2. The maximum atomic E-state index is 13.2. The van der Waals surface area contributed by atoms with Crippen molar-refractivity contribution in [3.05, 3.63) is 82.3 Å². The second kappa shape index (κ2) is 11.6. The predicted octanol–water partition coefficient (Wildman–Crippen LogP) is 2.73. The highest BCUT2D eigenvalue weighted by Crippen LogP contribution is 2.21. The number of rotatable bonds is 10. The van der Waals surface area contributed by atoms with Crippen LogP contribution in [0.25, 0.3) is 0 Å². The molecule has 0 aliphatic rings. The monoisotopic (exact) mass is 504 g/mol. The summed E-state index contributed by atoms with van der Waals surface area (Å²) in [6.07, 6.45) is -0.0948. The molecule has 0 spiro atoms. The van der Waals surface area contributed by atoms with Gasteiger partial charge in [-0.15, -0.1) is 11.3 Å². The third-order valence-electron chi connectivity index (χ3n) is 4.84. The first-order chi connectivity index (χ1) is 16.2. The molecule has 0 saturated heterocycles. The molecule has 3 rings (SSSR count). The van der Waals surface area contributed by atoms with Gasteiger partial charge in [-0.05, 0) is 29.7 Å². The molecule has 2 aromatic carbocycles. The lowest BCUT2D eigenvalue weighted by Crippen LogP contribution is -2.49. The number of ether oxygens (including phenoxy) is 1. The topological polar surface area (TPSA) is 147 Å². The number of aromatic nitrogens is 1. The Morgan fingerprint density at radius 3 is 2.29 bits per heavy atom. The number of anilines is 1. The van der Waals surface area contributed by atoms with Crippen LogP contribution < -0.4 is 15.4 Å². The fourth-order valence-corrected chi connectivity index (χ4v) is 4.29. The van der Waals surface area contributed by atoms with E-state index in [4.69, 9.17) is 4.55 Å². The van der Waals surface area contributed by atoms with Crippen LogP contribution in [0.15, 0.2) is 65.5 Å². The van der Waals surface area contributed by atoms with E-state index in [-0.39, 0.29) is 12.1 Å². The Balaban J connectivity index is 1.77. The van der Waals surface area contributed by atoms with E-state index in [0.29, 0.717) is 12.1 Å². The smallest absolute Gasteiger partial charge is 0.407 e. The van der Waals surface area contributed by atoms with Crippen molar-refractivity contribution in [2.75, 3.05) is 11.8 Å². The van der Waals surface area contributed by atoms with E-state index >= 15 is 0 Å². The van der Waals surface area contributed by atoms with E-state index in [1.54, 1.807) is 17.6 Å². The molecule has 4 N–H and O–H groups in total. The van der Waals surface area contributed by atoms with Crippen molar-refractivity contribution in [2.45, 2.75) is 24.9 Å². The van der Waals surface area contributed by atoms with Gasteiger partial charge in [-0.3, -0.25) is 14.1 Å². The highest BCUT2D eigenvalue weighted by atomic mass is 32.2. The zero-order chi connectivity index (χ0) is 24.6. The normalized spacial score (nSPS) is 12.9. The summed E-state index contributed by atoms with van der Waals surface area (Å²) in [7, 11) is -3.14. The fourth-order valence-electron chi connectivity index (χ4n) is 3.25. The van der Waals surface area contributed by atoms with Gasteiger partial charge in [-0.25, -0.2) is 9.78 Å². The first-order valence-electron chi connectivity index (χ1n) is 10.1. The van der Waals surface area contributed by atoms with Crippen molar-refractivity contribution in [1.29, 1.82) is 0 Å². The molecule has 0 aliphatic carbocycles. The summed E-state index contributed by atoms with van der Waals surface area (Å²) in [4.78, 5) is 29.4. The number of carbonyl (C=O) groups is 2. The van der Waals surface area contributed by atoms with E-state index < -0.39 is 34.4 Å². The second-order valence-corrected chi connectivity index (χ2v) is 9.20. The largest absolute Gasteiger partial charge is 0.453 e. The maximum Gasteiger partial charge on any atom is 0.407 e. The summed E-state index contributed by atoms with van der Waals surface area (Å²) in [6, 6.07) is 14.2. The molecule has 2 atom stereocenters. The van der Waals surface area contributed by atoms with Gasteiger partial charge in [0, 0.05) is 11.8 Å². The lowest BCUT2D eigenvalue weighted by atomic mass is 10.0. The lowest BCUT2D eigenvalue weighted by molar-refractivity contribution is -0.123. The summed E-state index contributed by atoms with van der Waals surface area (Å²) in [5, 5.41) is 7.35. The van der Waals surface area contributed by atoms with E-state index in [1.807, 2.05) is 40.4 Å². The van der Waals surface area contributed by atoms with Crippen molar-refractivity contribution in [1.82, 2.24) is 15.6 Å². The first-order valence-corrected chi connectivity index (χ1v) is 12.5. The van der Waals surface area contributed by atoms with Crippen LogP contribution in [-0.4, -0.2) is 43.1 Å². The maximum absolute atomic E-state index is 13.2. The molecular formula is C22H24N4O6S2. The molecule has 10 nitrogen and oxygen atoms in total. The Bertz CT molecular complexity index is 1190. The van der Waals surface area contributed by atoms with Gasteiger partial charge in [0.05, 0.1) is 30.0 Å². The number of thiazole rings is 1. The number of nitrogens with zero attached hydrogens (tertiary/aromatic N) is 1. The quantitative estimate of drug-likeness (QED) is 0.310. The van der Waals surface area contributed by atoms with Crippen LogP contribution in [0.4, 0.5) is 10.5 Å². The summed E-state index contributed by atoms with van der Waals surface area (Å²) >= 11 is 1.38. The van der Waals surface area contributed by atoms with Crippen LogP contribution >= 0.6 is 11.3 Å². The molecule has 180 valence electrons. The van der Waals surface area contributed by atoms with Crippen LogP contribution in [-0.2, 0) is 32.7 Å². The average Bonchev–Trinajstić information content (AvgIpc) is 3.34. The molecule has 0 radical (unpaired) electrons. The highest BCUT2D eigenvalue weighted by molar-refractivity contribution is 7.87. The van der Waals surface area contributed by atoms with Crippen LogP contribution in [0.5, 0.6) is 0 Å². The number of hydrogen-bond acceptors (Lipinski definition) is 7. The molecule has 0 fully saturated rings. The van der Waals surface area contributed by atoms with Gasteiger partial charge in [-0.1, -0.05) is 42.5 Å². The molecule has 0 bridgehead atoms. The molecule has 0 aliphatic heterocycles. The fraction of sp³-hybridized carbons (Fsp3) is 0.227. The second-order valence-electron chi connectivity index (χ2n) is 7.33. The lowest BCUT2D eigenvalue weighted by Gasteiger charge is -2.23. The Morgan fingerprint density at radius 1 is 1.03 bits per heavy atom. The molecular weight excluding hydrogens is 480 g/mol. The van der Waals surface area contributed by atoms with E-state index in [9.17, 15) is 18.0 Å². The van der Waals surface area contributed by atoms with Crippen molar-refractivity contribution in [3.8, 4) is 0 Å². The number of amides is 2. The van der Waals surface area contributed by atoms with Crippen LogP contribution in [0.2, 0.25) is 0 Å². The number of alkyl carbamates (subject to hydrolysis) is 1. The van der Waals surface area contributed by atoms with Gasteiger partial charge < -0.3 is 15.4 Å². The van der Waals surface area contributed by atoms with Crippen LogP contribution in [0.3, 0.4) is 0 Å². The van der Waals surface area contributed by atoms with E-state index in [0.717, 1.165) is 11.1 Å². The van der Waals surface area contributed by atoms with E-state index in [1.165, 1.54) is 30.6 Å². The molecule has 1 heterocycles. The summed E-state index contributed by atoms with van der Waals surface area (Å²) in [5.74, 6) is -0.406. The summed E-state index contributed by atoms with van der Waals surface area (Å²) in [5.41, 5.74) is 4.16. The third-order valence-corrected chi connectivity index (χ3v) is 5.94. The zero-order valence-electron chi connectivity index (χ0n) is 18.2. The van der Waals surface area contributed by atoms with Crippen LogP contribution in [0.1, 0.15) is 22.9 Å². The molecule has 34 heavy (non-hydrogen) atoms. The van der Waals surface area contributed by atoms with Gasteiger partial charge in [-0.2, -0.15) is 8.42 Å². The number of methoxy groups -OCH3 is 1. The number of hydrogen-bond donors (Lipinski definition) is 4. The third kappa shape index (κ3) is 7.83. The highest BCUT2D eigenvalue weighted by Gasteiger charge is 2.26. The minimum absolute atomic E-state index is 0.200. The summed E-state index contributed by atoms with van der Waals surface area (Å²) in [6.45, 7) is 0. The molecule has 12 heteroatoms. The Hall–Kier alpha value is -3.48. The first kappa shape index (κ1) is 25.1. The van der Waals surface area contributed by atoms with Crippen LogP contribution in [0, 0.1) is 0 Å². The Labute approximate surface area is 201 Å². The van der Waals surface area contributed by atoms with E-state index in [2.05, 4.69) is 20.4 Å². The Kier molecular flexibility index (Phi) is 8.57. The standard InChI is InChI=1S/C22H24N4O6S2/c1-32-22(28)25-19(12-15-5-3-2-4-6-15)21(27)24-18(20-13-33-14-23-20)11-16-7-9-17(10-8-16)26-34(29,30)31/h2-10,13-14,18-19,26H,11-12H2,1H3,(H,24,27)(H,25,28)(H,29,30,31). The number of nitrogens with one attached hydrogen (secondary N) is 3. The zero-order valence-corrected chi connectivity index (χ0v) is 19.8. The Morgan fingerprint density at radius 2 is 1.71 bits per heavy atom. The SMILES string of the molecule is COC(=O)NC(Cc1ccccc1)C(=O)NC(Cc1ccc(NS(=O)(=O)O)cc1)c1cscn1. The van der Waals surface area contributed by atoms with Gasteiger partial charge in [0.15, 0.2) is 0 Å². The molecule has 2 unspecified atom stereocenters. The summed E-state index contributed by atoms with van der Waals surface area (Å²) < 4.78 is 37.5. The molecule has 3 aromatic rings. The number of benzene rings is 2. The van der Waals surface area contributed by atoms with Crippen molar-refractivity contribution >= 4 is 39.3 Å². The van der Waals surface area contributed by atoms with Gasteiger partial charge >= 0.3 is 16.4 Å². The van der Waals surface area contributed by atoms with Gasteiger partial charge in [0.2, 0.25) is 5.91 Å². The van der Waals surface area contributed by atoms with Crippen molar-refractivity contribution in [2.24, 2.45) is 0 Å². The molecule has 1 aromatic heterocycles. The molecule has 0 saturated carbocycles. The molecule has 2 amide bonds. The van der Waals surface area contributed by atoms with Gasteiger partial charge in [0.25, 0.3) is 0 Å². The minimum atomic E-state index is -4.37. The van der Waals surface area contributed by atoms with Gasteiger partial charge in [0.1, 0.15) is 6.04 Å². The van der Waals surface area contributed by atoms with Crippen molar-refractivity contribution < 1.29 is 27.3 Å².